The van der Waals surface area contributed by atoms with Gasteiger partial charge >= 0.3 is 0 Å². The molecule has 0 bridgehead atoms. The second-order valence-electron chi connectivity index (χ2n) is 5.94. The van der Waals surface area contributed by atoms with Crippen LogP contribution in [0.25, 0.3) is 0 Å². The molecular weight excluding hydrogens is 218 g/mol. The molecule has 2 atom stereocenters. The van der Waals surface area contributed by atoms with Gasteiger partial charge in [-0.05, 0) is 24.5 Å². The number of nitrogens with one attached hydrogen (secondary N) is 1. The Balaban J connectivity index is 1.98. The number of carbonyl (C=O) groups excluding carboxylic acids is 1. The standard InChI is InChI=1S/C13H21NOS/c1-10-8-16-9-12(10)7-11(15)14-13(12)5-3-2-4-6-13/h10H,2-9H2,1H3,(H,14,15). The Labute approximate surface area is 102 Å². The molecule has 3 aliphatic rings. The number of carbonyl (C=O) groups is 1. The number of amides is 1. The van der Waals surface area contributed by atoms with Crippen LogP contribution in [0.15, 0.2) is 0 Å². The van der Waals surface area contributed by atoms with Crippen molar-refractivity contribution in [3.05, 3.63) is 0 Å². The van der Waals surface area contributed by atoms with E-state index in [0.29, 0.717) is 11.8 Å². The highest BCUT2D eigenvalue weighted by Crippen LogP contribution is 2.58. The van der Waals surface area contributed by atoms with Crippen LogP contribution >= 0.6 is 11.8 Å². The van der Waals surface area contributed by atoms with Gasteiger partial charge in [-0.3, -0.25) is 4.79 Å². The predicted octanol–water partition coefficient (Wildman–Crippen LogP) is 2.58. The zero-order valence-corrected chi connectivity index (χ0v) is 10.9. The van der Waals surface area contributed by atoms with E-state index < -0.39 is 0 Å². The third kappa shape index (κ3) is 1.30. The van der Waals surface area contributed by atoms with Crippen LogP contribution in [0, 0.1) is 11.3 Å². The number of rotatable bonds is 0. The smallest absolute Gasteiger partial charge is 0.221 e. The second-order valence-corrected chi connectivity index (χ2v) is 6.97. The first-order valence-corrected chi connectivity index (χ1v) is 7.73. The average molecular weight is 239 g/mol. The van der Waals surface area contributed by atoms with Crippen LogP contribution in [0.4, 0.5) is 0 Å². The molecule has 0 radical (unpaired) electrons. The summed E-state index contributed by atoms with van der Waals surface area (Å²) in [5.41, 5.74) is 0.459. The van der Waals surface area contributed by atoms with E-state index in [1.807, 2.05) is 0 Å². The first-order chi connectivity index (χ1) is 7.69. The second kappa shape index (κ2) is 3.66. The van der Waals surface area contributed by atoms with Gasteiger partial charge in [0.1, 0.15) is 0 Å². The molecule has 1 amide bonds. The lowest BCUT2D eigenvalue weighted by atomic mass is 9.60. The Kier molecular flexibility index (Phi) is 2.50. The quantitative estimate of drug-likeness (QED) is 0.704. The lowest BCUT2D eigenvalue weighted by Crippen LogP contribution is -2.56. The van der Waals surface area contributed by atoms with Gasteiger partial charge in [-0.2, -0.15) is 11.8 Å². The van der Waals surface area contributed by atoms with Crippen LogP contribution in [0.3, 0.4) is 0 Å². The molecule has 3 fully saturated rings. The number of thioether (sulfide) groups is 1. The molecule has 2 nitrogen and oxygen atoms in total. The van der Waals surface area contributed by atoms with Gasteiger partial charge in [0.2, 0.25) is 5.91 Å². The summed E-state index contributed by atoms with van der Waals surface area (Å²) >= 11 is 2.06. The van der Waals surface area contributed by atoms with Gasteiger partial charge in [-0.1, -0.05) is 26.2 Å². The summed E-state index contributed by atoms with van der Waals surface area (Å²) in [6.07, 6.45) is 7.21. The summed E-state index contributed by atoms with van der Waals surface area (Å²) in [5, 5.41) is 3.38. The van der Waals surface area contributed by atoms with Crippen LogP contribution in [0.2, 0.25) is 0 Å². The maximum atomic E-state index is 11.9. The van der Waals surface area contributed by atoms with Crippen LogP contribution in [0.5, 0.6) is 0 Å². The topological polar surface area (TPSA) is 29.1 Å². The summed E-state index contributed by atoms with van der Waals surface area (Å²) in [6, 6.07) is 0. The van der Waals surface area contributed by atoms with Crippen molar-refractivity contribution in [1.29, 1.82) is 0 Å². The minimum absolute atomic E-state index is 0.172. The molecule has 2 spiro atoms. The van der Waals surface area contributed by atoms with Crippen molar-refractivity contribution in [3.8, 4) is 0 Å². The SMILES string of the molecule is CC1CSCC12CC(=O)NC21CCCCC1. The van der Waals surface area contributed by atoms with E-state index in [9.17, 15) is 4.79 Å². The molecule has 1 saturated carbocycles. The van der Waals surface area contributed by atoms with E-state index in [1.165, 1.54) is 43.6 Å². The van der Waals surface area contributed by atoms with E-state index in [0.717, 1.165) is 6.42 Å². The number of hydrogen-bond donors (Lipinski definition) is 1. The number of fused-ring (bicyclic) bond motifs is 1. The molecule has 3 heteroatoms. The molecule has 1 N–H and O–H groups in total. The van der Waals surface area contributed by atoms with Gasteiger partial charge in [0.15, 0.2) is 0 Å². The van der Waals surface area contributed by atoms with Crippen molar-refractivity contribution in [2.75, 3.05) is 11.5 Å². The van der Waals surface area contributed by atoms with E-state index in [4.69, 9.17) is 0 Å². The molecular formula is C13H21NOS. The maximum Gasteiger partial charge on any atom is 0.221 e. The molecule has 0 aromatic carbocycles. The van der Waals surface area contributed by atoms with E-state index in [2.05, 4.69) is 24.0 Å². The summed E-state index contributed by atoms with van der Waals surface area (Å²) in [7, 11) is 0. The van der Waals surface area contributed by atoms with Crippen molar-refractivity contribution in [1.82, 2.24) is 5.32 Å². The average Bonchev–Trinajstić information content (AvgIpc) is 2.74. The minimum atomic E-state index is 0.172. The largest absolute Gasteiger partial charge is 0.350 e. The van der Waals surface area contributed by atoms with Gasteiger partial charge in [0, 0.05) is 23.1 Å². The van der Waals surface area contributed by atoms with Crippen molar-refractivity contribution < 1.29 is 4.79 Å². The summed E-state index contributed by atoms with van der Waals surface area (Å²) < 4.78 is 0. The van der Waals surface area contributed by atoms with Gasteiger partial charge in [-0.25, -0.2) is 0 Å². The van der Waals surface area contributed by atoms with Crippen molar-refractivity contribution in [3.63, 3.8) is 0 Å². The highest BCUT2D eigenvalue weighted by atomic mass is 32.2. The molecule has 2 aliphatic heterocycles. The van der Waals surface area contributed by atoms with Crippen LogP contribution < -0.4 is 5.32 Å². The maximum absolute atomic E-state index is 11.9. The van der Waals surface area contributed by atoms with Crippen LogP contribution in [-0.4, -0.2) is 23.0 Å². The molecule has 0 aromatic heterocycles. The lowest BCUT2D eigenvalue weighted by molar-refractivity contribution is -0.120. The third-order valence-electron chi connectivity index (χ3n) is 5.19. The van der Waals surface area contributed by atoms with Crippen molar-refractivity contribution in [2.24, 2.45) is 11.3 Å². The Bertz CT molecular complexity index is 311. The monoisotopic (exact) mass is 239 g/mol. The Morgan fingerprint density at radius 3 is 2.69 bits per heavy atom. The van der Waals surface area contributed by atoms with Gasteiger partial charge < -0.3 is 5.32 Å². The molecule has 2 unspecified atom stereocenters. The third-order valence-corrected chi connectivity index (χ3v) is 6.64. The van der Waals surface area contributed by atoms with Crippen molar-refractivity contribution >= 4 is 17.7 Å². The molecule has 1 aliphatic carbocycles. The van der Waals surface area contributed by atoms with E-state index in [1.54, 1.807) is 0 Å². The van der Waals surface area contributed by atoms with E-state index >= 15 is 0 Å². The highest BCUT2D eigenvalue weighted by molar-refractivity contribution is 7.99. The highest BCUT2D eigenvalue weighted by Gasteiger charge is 2.61. The van der Waals surface area contributed by atoms with Crippen molar-refractivity contribution in [2.45, 2.75) is 51.0 Å². The van der Waals surface area contributed by atoms with Gasteiger partial charge in [0.05, 0.1) is 0 Å². The fourth-order valence-electron chi connectivity index (χ4n) is 4.22. The predicted molar refractivity (Wildman–Crippen MR) is 67.5 cm³/mol. The summed E-state index contributed by atoms with van der Waals surface area (Å²) in [6.45, 7) is 2.36. The fourth-order valence-corrected chi connectivity index (χ4v) is 6.04. The van der Waals surface area contributed by atoms with Crippen LogP contribution in [-0.2, 0) is 4.79 Å². The zero-order valence-electron chi connectivity index (χ0n) is 10.1. The Hall–Kier alpha value is -0.180. The molecule has 2 heterocycles. The molecule has 16 heavy (non-hydrogen) atoms. The number of hydrogen-bond acceptors (Lipinski definition) is 2. The minimum Gasteiger partial charge on any atom is -0.350 e. The normalized spacial score (nSPS) is 41.8. The first kappa shape index (κ1) is 10.9. The van der Waals surface area contributed by atoms with Gasteiger partial charge in [0.25, 0.3) is 0 Å². The fraction of sp³-hybridized carbons (Fsp3) is 0.923. The Morgan fingerprint density at radius 1 is 1.31 bits per heavy atom. The van der Waals surface area contributed by atoms with Gasteiger partial charge in [-0.15, -0.1) is 0 Å². The molecule has 3 rings (SSSR count). The molecule has 2 saturated heterocycles. The van der Waals surface area contributed by atoms with E-state index in [-0.39, 0.29) is 11.0 Å². The summed E-state index contributed by atoms with van der Waals surface area (Å²) in [5.74, 6) is 3.47. The zero-order chi connectivity index (χ0) is 11.2. The Morgan fingerprint density at radius 2 is 2.06 bits per heavy atom. The first-order valence-electron chi connectivity index (χ1n) is 6.57. The van der Waals surface area contributed by atoms with Crippen LogP contribution in [0.1, 0.15) is 45.4 Å². The molecule has 0 aromatic rings. The lowest BCUT2D eigenvalue weighted by Gasteiger charge is -2.47. The molecule has 90 valence electrons. The summed E-state index contributed by atoms with van der Waals surface area (Å²) in [4.78, 5) is 11.9.